The lowest BCUT2D eigenvalue weighted by Crippen LogP contribution is -2.47. The fourth-order valence-corrected chi connectivity index (χ4v) is 5.33. The van der Waals surface area contributed by atoms with Gasteiger partial charge in [-0.25, -0.2) is 0 Å². The molecule has 0 radical (unpaired) electrons. The van der Waals surface area contributed by atoms with Crippen molar-refractivity contribution in [1.82, 2.24) is 14.8 Å². The van der Waals surface area contributed by atoms with Crippen molar-refractivity contribution in [3.63, 3.8) is 0 Å². The van der Waals surface area contributed by atoms with Crippen LogP contribution in [0.4, 0.5) is 5.69 Å². The number of nitrogens with zero attached hydrogens (tertiary/aromatic N) is 3. The third-order valence-electron chi connectivity index (χ3n) is 6.95. The molecule has 0 aliphatic carbocycles. The Bertz CT molecular complexity index is 1200. The van der Waals surface area contributed by atoms with E-state index in [9.17, 15) is 4.79 Å². The molecule has 1 aromatic heterocycles. The molecule has 3 aromatic rings. The van der Waals surface area contributed by atoms with Crippen molar-refractivity contribution in [2.24, 2.45) is 0 Å². The molecular formula is C29H36Cl2N4O2. The molecule has 1 saturated heterocycles. The zero-order valence-electron chi connectivity index (χ0n) is 21.9. The number of benzene rings is 2. The molecule has 1 fully saturated rings. The molecule has 0 unspecified atom stereocenters. The highest BCUT2D eigenvalue weighted by atomic mass is 35.5. The summed E-state index contributed by atoms with van der Waals surface area (Å²) in [4.78, 5) is 23.6. The van der Waals surface area contributed by atoms with Gasteiger partial charge in [-0.15, -0.1) is 0 Å². The van der Waals surface area contributed by atoms with Gasteiger partial charge in [-0.05, 0) is 56.6 Å². The molecule has 8 heteroatoms. The van der Waals surface area contributed by atoms with Crippen LogP contribution in [0.5, 0.6) is 5.75 Å². The molecule has 1 aliphatic heterocycles. The molecule has 1 aliphatic rings. The summed E-state index contributed by atoms with van der Waals surface area (Å²) in [7, 11) is 1.66. The van der Waals surface area contributed by atoms with Crippen molar-refractivity contribution >= 4 is 34.8 Å². The minimum absolute atomic E-state index is 0.0881. The van der Waals surface area contributed by atoms with Crippen molar-refractivity contribution in [2.45, 2.75) is 26.7 Å². The maximum absolute atomic E-state index is 13.5. The highest BCUT2D eigenvalue weighted by Gasteiger charge is 2.22. The number of anilines is 1. The highest BCUT2D eigenvalue weighted by molar-refractivity contribution is 6.43. The molecule has 1 amide bonds. The second-order valence-corrected chi connectivity index (χ2v) is 10.3. The number of piperazine rings is 1. The summed E-state index contributed by atoms with van der Waals surface area (Å²) in [6, 6.07) is 15.6. The van der Waals surface area contributed by atoms with E-state index in [4.69, 9.17) is 27.9 Å². The van der Waals surface area contributed by atoms with Crippen LogP contribution in [0.2, 0.25) is 10.0 Å². The van der Waals surface area contributed by atoms with Crippen LogP contribution < -0.4 is 9.64 Å². The minimum atomic E-state index is 0.0881. The molecule has 0 bridgehead atoms. The summed E-state index contributed by atoms with van der Waals surface area (Å²) >= 11 is 12.6. The lowest BCUT2D eigenvalue weighted by molar-refractivity contribution is 0.0746. The Hall–Kier alpha value is -2.67. The van der Waals surface area contributed by atoms with Crippen molar-refractivity contribution < 1.29 is 9.53 Å². The number of nitrogens with one attached hydrogen (secondary N) is 1. The smallest absolute Gasteiger partial charge is 0.255 e. The van der Waals surface area contributed by atoms with Crippen LogP contribution in [-0.2, 0) is 0 Å². The van der Waals surface area contributed by atoms with Crippen LogP contribution in [0.25, 0.3) is 11.3 Å². The Labute approximate surface area is 230 Å². The Morgan fingerprint density at radius 3 is 2.54 bits per heavy atom. The van der Waals surface area contributed by atoms with E-state index in [0.29, 0.717) is 10.0 Å². The average molecular weight is 544 g/mol. The van der Waals surface area contributed by atoms with Gasteiger partial charge in [-0.1, -0.05) is 48.3 Å². The third kappa shape index (κ3) is 6.61. The van der Waals surface area contributed by atoms with Gasteiger partial charge in [0.25, 0.3) is 5.91 Å². The van der Waals surface area contributed by atoms with E-state index in [1.165, 1.54) is 0 Å². The summed E-state index contributed by atoms with van der Waals surface area (Å²) in [6.07, 6.45) is 1.87. The Morgan fingerprint density at radius 1 is 1.05 bits per heavy atom. The Kier molecular flexibility index (Phi) is 9.41. The summed E-state index contributed by atoms with van der Waals surface area (Å²) in [5.74, 6) is 0.881. The Balaban J connectivity index is 1.33. The first-order valence-electron chi connectivity index (χ1n) is 13.0. The van der Waals surface area contributed by atoms with Crippen molar-refractivity contribution in [3.8, 4) is 17.0 Å². The second-order valence-electron chi connectivity index (χ2n) is 9.50. The molecule has 198 valence electrons. The lowest BCUT2D eigenvalue weighted by atomic mass is 10.1. The number of ether oxygens (including phenoxy) is 1. The number of carbonyl (C=O) groups is 1. The van der Waals surface area contributed by atoms with Gasteiger partial charge in [0.05, 0.1) is 28.4 Å². The molecule has 1 N–H and O–H groups in total. The zero-order valence-corrected chi connectivity index (χ0v) is 23.4. The summed E-state index contributed by atoms with van der Waals surface area (Å²) < 4.78 is 5.36. The van der Waals surface area contributed by atoms with Crippen LogP contribution in [-0.4, -0.2) is 73.6 Å². The molecule has 0 spiro atoms. The van der Waals surface area contributed by atoms with Crippen LogP contribution in [0.1, 0.15) is 35.8 Å². The van der Waals surface area contributed by atoms with Crippen LogP contribution in [0, 0.1) is 6.92 Å². The van der Waals surface area contributed by atoms with Gasteiger partial charge in [-0.3, -0.25) is 9.69 Å². The number of H-pyrrole nitrogens is 1. The maximum atomic E-state index is 13.5. The normalized spacial score (nSPS) is 14.1. The monoisotopic (exact) mass is 542 g/mol. The van der Waals surface area contributed by atoms with E-state index in [0.717, 1.165) is 92.6 Å². The number of aryl methyl sites for hydroxylation is 1. The number of carbonyl (C=O) groups excluding carboxylic acids is 1. The number of halogens is 2. The van der Waals surface area contributed by atoms with Gasteiger partial charge in [-0.2, -0.15) is 0 Å². The molecule has 2 heterocycles. The van der Waals surface area contributed by atoms with Gasteiger partial charge in [0, 0.05) is 56.2 Å². The predicted molar refractivity (Wildman–Crippen MR) is 153 cm³/mol. The fourth-order valence-electron chi connectivity index (χ4n) is 4.92. The zero-order chi connectivity index (χ0) is 26.4. The van der Waals surface area contributed by atoms with Crippen LogP contribution in [0.15, 0.2) is 48.5 Å². The highest BCUT2D eigenvalue weighted by Crippen LogP contribution is 2.33. The number of rotatable bonds is 10. The largest absolute Gasteiger partial charge is 0.497 e. The molecule has 4 rings (SSSR count). The standard InChI is InChI=1S/C29H36Cl2N4O2/c1-4-12-35(29(36)24-20-26(32-21(24)2)22-8-5-9-23(19-22)37-3)14-7-13-33-15-17-34(18-16-33)27-11-6-10-25(30)28(27)31/h5-6,8-11,19-20,32H,4,7,12-18H2,1-3H3. The second kappa shape index (κ2) is 12.7. The van der Waals surface area contributed by atoms with E-state index in [1.807, 2.05) is 60.4 Å². The first kappa shape index (κ1) is 27.4. The summed E-state index contributed by atoms with van der Waals surface area (Å²) in [6.45, 7) is 10.3. The van der Waals surface area contributed by atoms with E-state index in [1.54, 1.807) is 7.11 Å². The quantitative estimate of drug-likeness (QED) is 0.323. The number of aromatic amines is 1. The molecule has 0 atom stereocenters. The molecule has 2 aromatic carbocycles. The molecular weight excluding hydrogens is 507 g/mol. The Morgan fingerprint density at radius 2 is 1.81 bits per heavy atom. The number of hydrogen-bond donors (Lipinski definition) is 1. The molecule has 6 nitrogen and oxygen atoms in total. The van der Waals surface area contributed by atoms with Crippen LogP contribution in [0.3, 0.4) is 0 Å². The van der Waals surface area contributed by atoms with Gasteiger partial charge in [0.2, 0.25) is 0 Å². The van der Waals surface area contributed by atoms with Crippen LogP contribution >= 0.6 is 23.2 Å². The first-order chi connectivity index (χ1) is 17.9. The van der Waals surface area contributed by atoms with Gasteiger partial charge >= 0.3 is 0 Å². The van der Waals surface area contributed by atoms with Gasteiger partial charge < -0.3 is 19.5 Å². The van der Waals surface area contributed by atoms with Crippen molar-refractivity contribution in [3.05, 3.63) is 69.8 Å². The summed E-state index contributed by atoms with van der Waals surface area (Å²) in [5.41, 5.74) is 4.55. The van der Waals surface area contributed by atoms with Gasteiger partial charge in [0.15, 0.2) is 0 Å². The fraction of sp³-hybridized carbons (Fsp3) is 0.414. The predicted octanol–water partition coefficient (Wildman–Crippen LogP) is 6.37. The number of methoxy groups -OCH3 is 1. The van der Waals surface area contributed by atoms with Gasteiger partial charge in [0.1, 0.15) is 5.75 Å². The van der Waals surface area contributed by atoms with E-state index in [2.05, 4.69) is 21.7 Å². The third-order valence-corrected chi connectivity index (χ3v) is 7.76. The van der Waals surface area contributed by atoms with E-state index >= 15 is 0 Å². The van der Waals surface area contributed by atoms with E-state index in [-0.39, 0.29) is 5.91 Å². The van der Waals surface area contributed by atoms with Crippen molar-refractivity contribution in [1.29, 1.82) is 0 Å². The number of hydrogen-bond acceptors (Lipinski definition) is 4. The van der Waals surface area contributed by atoms with E-state index < -0.39 is 0 Å². The molecule has 0 saturated carbocycles. The SMILES string of the molecule is CCCN(CCCN1CCN(c2cccc(Cl)c2Cl)CC1)C(=O)c1cc(-c2cccc(OC)c2)[nH]c1C. The average Bonchev–Trinajstić information content (AvgIpc) is 3.31. The summed E-state index contributed by atoms with van der Waals surface area (Å²) in [5, 5.41) is 1.22. The number of amides is 1. The lowest BCUT2D eigenvalue weighted by Gasteiger charge is -2.37. The first-order valence-corrected chi connectivity index (χ1v) is 13.7. The maximum Gasteiger partial charge on any atom is 0.255 e. The topological polar surface area (TPSA) is 51.8 Å². The molecule has 37 heavy (non-hydrogen) atoms. The number of aromatic nitrogens is 1. The van der Waals surface area contributed by atoms with Crippen molar-refractivity contribution in [2.75, 3.05) is 57.8 Å². The minimum Gasteiger partial charge on any atom is -0.497 e.